The van der Waals surface area contributed by atoms with Crippen molar-refractivity contribution in [3.63, 3.8) is 0 Å². The molecule has 94 valence electrons. The summed E-state index contributed by atoms with van der Waals surface area (Å²) in [6.45, 7) is 0. The molecule has 0 fully saturated rings. The molecule has 0 saturated heterocycles. The molecule has 0 aliphatic carbocycles. The molecule has 2 aromatic heterocycles. The average Bonchev–Trinajstić information content (AvgIpc) is 2.46. The van der Waals surface area contributed by atoms with Crippen LogP contribution in [0.1, 0.15) is 10.4 Å². The maximum absolute atomic E-state index is 11.9. The molecular weight excluding hydrogens is 244 g/mol. The number of pyridine rings is 2. The van der Waals surface area contributed by atoms with E-state index in [1.54, 1.807) is 36.5 Å². The van der Waals surface area contributed by atoms with Crippen LogP contribution in [-0.4, -0.2) is 23.0 Å². The highest BCUT2D eigenvalue weighted by molar-refractivity contribution is 6.04. The second kappa shape index (κ2) is 4.20. The second-order valence-electron chi connectivity index (χ2n) is 4.11. The van der Waals surface area contributed by atoms with Gasteiger partial charge in [0.1, 0.15) is 0 Å². The van der Waals surface area contributed by atoms with Gasteiger partial charge in [-0.05, 0) is 30.3 Å². The fraction of sp³-hybridized carbons (Fsp3) is 0.0714. The summed E-state index contributed by atoms with van der Waals surface area (Å²) < 4.78 is 4.66. The Morgan fingerprint density at radius 2 is 2.11 bits per heavy atom. The number of hydrogen-bond donors (Lipinski definition) is 1. The minimum atomic E-state index is -0.441. The van der Waals surface area contributed by atoms with Crippen LogP contribution in [-0.2, 0) is 4.74 Å². The Bertz CT molecular complexity index is 852. The van der Waals surface area contributed by atoms with Crippen LogP contribution in [0, 0.1) is 0 Å². The van der Waals surface area contributed by atoms with Crippen LogP contribution in [0.2, 0.25) is 0 Å². The van der Waals surface area contributed by atoms with Crippen LogP contribution >= 0.6 is 0 Å². The van der Waals surface area contributed by atoms with Crippen molar-refractivity contribution in [1.29, 1.82) is 0 Å². The number of nitrogens with one attached hydrogen (secondary N) is 1. The quantitative estimate of drug-likeness (QED) is 0.531. The predicted molar refractivity (Wildman–Crippen MR) is 71.2 cm³/mol. The maximum Gasteiger partial charge on any atom is 0.337 e. The first-order chi connectivity index (χ1) is 9.20. The number of esters is 1. The van der Waals surface area contributed by atoms with E-state index in [0.29, 0.717) is 22.0 Å². The summed E-state index contributed by atoms with van der Waals surface area (Å²) in [6.07, 6.45) is 1.63. The van der Waals surface area contributed by atoms with Gasteiger partial charge in [-0.25, -0.2) is 4.79 Å². The normalized spacial score (nSPS) is 10.8. The van der Waals surface area contributed by atoms with Gasteiger partial charge >= 0.3 is 5.97 Å². The van der Waals surface area contributed by atoms with Gasteiger partial charge in [0.25, 0.3) is 5.56 Å². The molecule has 2 heterocycles. The maximum atomic E-state index is 11.9. The molecule has 0 atom stereocenters. The van der Waals surface area contributed by atoms with Gasteiger partial charge in [0.05, 0.1) is 29.1 Å². The number of carbonyl (C=O) groups is 1. The van der Waals surface area contributed by atoms with E-state index in [2.05, 4.69) is 14.7 Å². The third-order valence-electron chi connectivity index (χ3n) is 3.00. The molecule has 0 aliphatic rings. The summed E-state index contributed by atoms with van der Waals surface area (Å²) in [5, 5.41) is 1.32. The molecule has 19 heavy (non-hydrogen) atoms. The smallest absolute Gasteiger partial charge is 0.337 e. The van der Waals surface area contributed by atoms with Gasteiger partial charge in [-0.1, -0.05) is 0 Å². The lowest BCUT2D eigenvalue weighted by molar-refractivity contribution is 0.0601. The number of H-pyrrole nitrogens is 1. The van der Waals surface area contributed by atoms with Gasteiger partial charge in [0.2, 0.25) is 0 Å². The highest BCUT2D eigenvalue weighted by Gasteiger charge is 2.10. The molecule has 0 spiro atoms. The number of aromatic amines is 1. The Balaban J connectivity index is 2.40. The number of nitrogens with zero attached hydrogens (tertiary/aromatic N) is 1. The molecule has 1 aromatic carbocycles. The number of ether oxygens (including phenoxy) is 1. The van der Waals surface area contributed by atoms with Crippen molar-refractivity contribution < 1.29 is 9.53 Å². The summed E-state index contributed by atoms with van der Waals surface area (Å²) in [6, 6.07) is 8.44. The van der Waals surface area contributed by atoms with Gasteiger partial charge < -0.3 is 9.72 Å². The predicted octanol–water partition coefficient (Wildman–Crippen LogP) is 1.86. The standard InChI is InChI=1S/C14H10N2O3/c1-19-14(18)8-4-5-9-11(7-8)16-13(17)10-3-2-6-15-12(9)10/h2-7H,1H3,(H,16,17). The number of methoxy groups -OCH3 is 1. The molecule has 0 bridgehead atoms. The number of benzene rings is 1. The minimum Gasteiger partial charge on any atom is -0.465 e. The Hall–Kier alpha value is -2.69. The summed E-state index contributed by atoms with van der Waals surface area (Å²) in [4.78, 5) is 30.4. The van der Waals surface area contributed by atoms with Crippen molar-refractivity contribution >= 4 is 27.8 Å². The monoisotopic (exact) mass is 254 g/mol. The van der Waals surface area contributed by atoms with Crippen LogP contribution in [0.3, 0.4) is 0 Å². The highest BCUT2D eigenvalue weighted by atomic mass is 16.5. The van der Waals surface area contributed by atoms with E-state index >= 15 is 0 Å². The molecule has 3 aromatic rings. The Morgan fingerprint density at radius 3 is 2.89 bits per heavy atom. The molecule has 0 saturated carbocycles. The van der Waals surface area contributed by atoms with Gasteiger partial charge in [-0.15, -0.1) is 0 Å². The Kier molecular flexibility index (Phi) is 2.52. The van der Waals surface area contributed by atoms with E-state index < -0.39 is 5.97 Å². The summed E-state index contributed by atoms with van der Waals surface area (Å²) in [5.41, 5.74) is 1.36. The van der Waals surface area contributed by atoms with Gasteiger partial charge in [0.15, 0.2) is 0 Å². The topological polar surface area (TPSA) is 72.1 Å². The number of fused-ring (bicyclic) bond motifs is 3. The van der Waals surface area contributed by atoms with Crippen molar-refractivity contribution in [3.05, 3.63) is 52.4 Å². The number of hydrogen-bond acceptors (Lipinski definition) is 4. The molecule has 0 amide bonds. The molecule has 0 unspecified atom stereocenters. The van der Waals surface area contributed by atoms with Crippen LogP contribution < -0.4 is 5.56 Å². The van der Waals surface area contributed by atoms with Gasteiger partial charge in [-0.2, -0.15) is 0 Å². The first-order valence-corrected chi connectivity index (χ1v) is 5.70. The van der Waals surface area contributed by atoms with Crippen molar-refractivity contribution in [2.45, 2.75) is 0 Å². The van der Waals surface area contributed by atoms with Crippen LogP contribution in [0.15, 0.2) is 41.3 Å². The zero-order valence-corrected chi connectivity index (χ0v) is 10.1. The van der Waals surface area contributed by atoms with E-state index in [1.807, 2.05) is 0 Å². The van der Waals surface area contributed by atoms with Gasteiger partial charge in [-0.3, -0.25) is 9.78 Å². The Labute approximate surface area is 107 Å². The first-order valence-electron chi connectivity index (χ1n) is 5.70. The second-order valence-corrected chi connectivity index (χ2v) is 4.11. The number of carbonyl (C=O) groups excluding carboxylic acids is 1. The molecule has 0 aliphatic heterocycles. The van der Waals surface area contributed by atoms with E-state index in [9.17, 15) is 9.59 Å². The Morgan fingerprint density at radius 1 is 1.26 bits per heavy atom. The molecule has 3 rings (SSSR count). The van der Waals surface area contributed by atoms with E-state index in [4.69, 9.17) is 0 Å². The molecule has 0 radical (unpaired) electrons. The molecule has 5 heteroatoms. The lowest BCUT2D eigenvalue weighted by Crippen LogP contribution is -2.08. The fourth-order valence-electron chi connectivity index (χ4n) is 2.09. The van der Waals surface area contributed by atoms with E-state index in [1.165, 1.54) is 7.11 Å². The number of aromatic nitrogens is 2. The van der Waals surface area contributed by atoms with Crippen molar-refractivity contribution in [3.8, 4) is 0 Å². The summed E-state index contributed by atoms with van der Waals surface area (Å²) >= 11 is 0. The lowest BCUT2D eigenvalue weighted by Gasteiger charge is -2.04. The van der Waals surface area contributed by atoms with E-state index in [-0.39, 0.29) is 5.56 Å². The third-order valence-corrected chi connectivity index (χ3v) is 3.00. The molecule has 5 nitrogen and oxygen atoms in total. The van der Waals surface area contributed by atoms with Crippen LogP contribution in [0.5, 0.6) is 0 Å². The average molecular weight is 254 g/mol. The molecular formula is C14H10N2O3. The van der Waals surface area contributed by atoms with Crippen molar-refractivity contribution in [1.82, 2.24) is 9.97 Å². The fourth-order valence-corrected chi connectivity index (χ4v) is 2.09. The first kappa shape index (κ1) is 11.4. The highest BCUT2D eigenvalue weighted by Crippen LogP contribution is 2.20. The van der Waals surface area contributed by atoms with Crippen LogP contribution in [0.25, 0.3) is 21.8 Å². The lowest BCUT2D eigenvalue weighted by atomic mass is 10.1. The van der Waals surface area contributed by atoms with Crippen LogP contribution in [0.4, 0.5) is 0 Å². The zero-order chi connectivity index (χ0) is 13.4. The summed E-state index contributed by atoms with van der Waals surface area (Å²) in [7, 11) is 1.32. The third kappa shape index (κ3) is 1.76. The SMILES string of the molecule is COC(=O)c1ccc2c(c1)[nH]c(=O)c1cccnc12. The minimum absolute atomic E-state index is 0.224. The van der Waals surface area contributed by atoms with Crippen molar-refractivity contribution in [2.75, 3.05) is 7.11 Å². The summed E-state index contributed by atoms with van der Waals surface area (Å²) in [5.74, 6) is -0.441. The molecule has 1 N–H and O–H groups in total. The zero-order valence-electron chi connectivity index (χ0n) is 10.1. The van der Waals surface area contributed by atoms with E-state index in [0.717, 1.165) is 5.39 Å². The largest absolute Gasteiger partial charge is 0.465 e. The van der Waals surface area contributed by atoms with Crippen molar-refractivity contribution in [2.24, 2.45) is 0 Å². The number of rotatable bonds is 1. The van der Waals surface area contributed by atoms with Gasteiger partial charge in [0, 0.05) is 11.6 Å².